The molecule has 1 aromatic heterocycles. The maximum Gasteiger partial charge on any atom is 0.345 e. The van der Waals surface area contributed by atoms with Crippen LogP contribution in [0.5, 0.6) is 0 Å². The average molecular weight is 295 g/mol. The zero-order valence-corrected chi connectivity index (χ0v) is 12.5. The van der Waals surface area contributed by atoms with E-state index < -0.39 is 11.7 Å². The van der Waals surface area contributed by atoms with Gasteiger partial charge in [-0.15, -0.1) is 0 Å². The standard InChI is InChI=1S/C14H21N3O4/c1-4-10(5-13(19)20)7-15-12(18)6-11-8(2)16-14(21)17-9(11)3/h10H,4-7H2,1-3H3,(H,15,18)(H,19,20)(H,16,17,21). The molecule has 1 amide bonds. The lowest BCUT2D eigenvalue weighted by atomic mass is 10.0. The third kappa shape index (κ3) is 5.37. The first-order chi connectivity index (χ1) is 9.83. The first-order valence-corrected chi connectivity index (χ1v) is 6.88. The molecule has 7 nitrogen and oxygen atoms in total. The number of aryl methyl sites for hydroxylation is 2. The summed E-state index contributed by atoms with van der Waals surface area (Å²) in [7, 11) is 0. The van der Waals surface area contributed by atoms with Crippen molar-refractivity contribution in [3.05, 3.63) is 27.4 Å². The number of carbonyl (C=O) groups excluding carboxylic acids is 1. The molecule has 1 rings (SSSR count). The van der Waals surface area contributed by atoms with Crippen molar-refractivity contribution < 1.29 is 14.7 Å². The van der Waals surface area contributed by atoms with Crippen LogP contribution in [0.2, 0.25) is 0 Å². The van der Waals surface area contributed by atoms with Crippen LogP contribution >= 0.6 is 0 Å². The molecule has 0 fully saturated rings. The van der Waals surface area contributed by atoms with E-state index in [4.69, 9.17) is 5.11 Å². The summed E-state index contributed by atoms with van der Waals surface area (Å²) in [5, 5.41) is 11.5. The van der Waals surface area contributed by atoms with Gasteiger partial charge in [-0.2, -0.15) is 4.98 Å². The van der Waals surface area contributed by atoms with Crippen LogP contribution in [0, 0.1) is 19.8 Å². The normalized spacial score (nSPS) is 12.0. The second-order valence-corrected chi connectivity index (χ2v) is 5.08. The molecule has 0 aliphatic carbocycles. The van der Waals surface area contributed by atoms with Crippen molar-refractivity contribution in [3.8, 4) is 0 Å². The van der Waals surface area contributed by atoms with E-state index in [9.17, 15) is 14.4 Å². The quantitative estimate of drug-likeness (QED) is 0.680. The van der Waals surface area contributed by atoms with Crippen LogP contribution < -0.4 is 11.0 Å². The fraction of sp³-hybridized carbons (Fsp3) is 0.571. The third-order valence-electron chi connectivity index (χ3n) is 3.42. The van der Waals surface area contributed by atoms with Crippen molar-refractivity contribution in [2.75, 3.05) is 6.54 Å². The van der Waals surface area contributed by atoms with Crippen LogP contribution in [0.1, 0.15) is 36.7 Å². The van der Waals surface area contributed by atoms with Crippen LogP contribution in [-0.2, 0) is 16.0 Å². The van der Waals surface area contributed by atoms with Crippen molar-refractivity contribution >= 4 is 11.9 Å². The van der Waals surface area contributed by atoms with Gasteiger partial charge in [0.05, 0.1) is 6.42 Å². The fourth-order valence-electron chi connectivity index (χ4n) is 2.10. The number of H-pyrrole nitrogens is 1. The highest BCUT2D eigenvalue weighted by molar-refractivity contribution is 5.79. The number of carbonyl (C=O) groups is 2. The smallest absolute Gasteiger partial charge is 0.345 e. The monoisotopic (exact) mass is 295 g/mol. The van der Waals surface area contributed by atoms with Gasteiger partial charge in [-0.25, -0.2) is 4.79 Å². The Balaban J connectivity index is 2.62. The largest absolute Gasteiger partial charge is 0.481 e. The Morgan fingerprint density at radius 3 is 2.57 bits per heavy atom. The van der Waals surface area contributed by atoms with E-state index in [0.29, 0.717) is 29.9 Å². The fourth-order valence-corrected chi connectivity index (χ4v) is 2.10. The summed E-state index contributed by atoms with van der Waals surface area (Å²) >= 11 is 0. The SMILES string of the molecule is CCC(CNC(=O)Cc1c(C)nc(=O)[nH]c1C)CC(=O)O. The highest BCUT2D eigenvalue weighted by atomic mass is 16.4. The van der Waals surface area contributed by atoms with Gasteiger partial charge in [0.25, 0.3) is 0 Å². The summed E-state index contributed by atoms with van der Waals surface area (Å²) in [6, 6.07) is 0. The number of hydrogen-bond donors (Lipinski definition) is 3. The van der Waals surface area contributed by atoms with E-state index in [2.05, 4.69) is 15.3 Å². The molecule has 1 aromatic rings. The van der Waals surface area contributed by atoms with Gasteiger partial charge in [-0.1, -0.05) is 13.3 Å². The summed E-state index contributed by atoms with van der Waals surface area (Å²) in [6.07, 6.45) is 0.838. The topological polar surface area (TPSA) is 112 Å². The molecule has 0 spiro atoms. The number of rotatable bonds is 7. The maximum atomic E-state index is 11.9. The minimum Gasteiger partial charge on any atom is -0.481 e. The number of carboxylic acids is 1. The van der Waals surface area contributed by atoms with E-state index in [1.165, 1.54) is 0 Å². The maximum absolute atomic E-state index is 11.9. The van der Waals surface area contributed by atoms with E-state index in [-0.39, 0.29) is 24.7 Å². The molecule has 0 radical (unpaired) electrons. The molecule has 21 heavy (non-hydrogen) atoms. The Bertz CT molecular complexity index is 554. The number of nitrogens with one attached hydrogen (secondary N) is 2. The Hall–Kier alpha value is -2.18. The highest BCUT2D eigenvalue weighted by Gasteiger charge is 2.14. The van der Waals surface area contributed by atoms with Crippen molar-refractivity contribution in [3.63, 3.8) is 0 Å². The van der Waals surface area contributed by atoms with Gasteiger partial charge in [0.2, 0.25) is 5.91 Å². The Morgan fingerprint density at radius 1 is 1.38 bits per heavy atom. The van der Waals surface area contributed by atoms with Crippen molar-refractivity contribution in [2.45, 2.75) is 40.0 Å². The number of aliphatic carboxylic acids is 1. The highest BCUT2D eigenvalue weighted by Crippen LogP contribution is 2.09. The Kier molecular flexibility index (Phi) is 6.08. The molecule has 0 bridgehead atoms. The van der Waals surface area contributed by atoms with Gasteiger partial charge in [-0.05, 0) is 19.8 Å². The summed E-state index contributed by atoms with van der Waals surface area (Å²) in [5.74, 6) is -1.16. The van der Waals surface area contributed by atoms with E-state index >= 15 is 0 Å². The van der Waals surface area contributed by atoms with Crippen molar-refractivity contribution in [1.29, 1.82) is 0 Å². The lowest BCUT2D eigenvalue weighted by Crippen LogP contribution is -2.32. The van der Waals surface area contributed by atoms with Gasteiger partial charge < -0.3 is 15.4 Å². The summed E-state index contributed by atoms with van der Waals surface area (Å²) < 4.78 is 0. The van der Waals surface area contributed by atoms with Gasteiger partial charge in [0, 0.05) is 29.9 Å². The average Bonchev–Trinajstić information content (AvgIpc) is 2.38. The van der Waals surface area contributed by atoms with Crippen LogP contribution in [0.4, 0.5) is 0 Å². The zero-order valence-electron chi connectivity index (χ0n) is 12.5. The number of hydrogen-bond acceptors (Lipinski definition) is 4. The number of aromatic nitrogens is 2. The van der Waals surface area contributed by atoms with E-state index in [0.717, 1.165) is 0 Å². The molecular formula is C14H21N3O4. The lowest BCUT2D eigenvalue weighted by Gasteiger charge is -2.14. The molecule has 0 saturated carbocycles. The predicted octanol–water partition coefficient (Wildman–Crippen LogP) is 0.546. The van der Waals surface area contributed by atoms with Crippen molar-refractivity contribution in [2.24, 2.45) is 5.92 Å². The molecule has 1 heterocycles. The Labute approximate surface area is 122 Å². The van der Waals surface area contributed by atoms with Crippen LogP contribution in [0.15, 0.2) is 4.79 Å². The summed E-state index contributed by atoms with van der Waals surface area (Å²) in [5.41, 5.74) is 1.42. The lowest BCUT2D eigenvalue weighted by molar-refractivity contribution is -0.138. The third-order valence-corrected chi connectivity index (χ3v) is 3.42. The molecular weight excluding hydrogens is 274 g/mol. The number of amides is 1. The zero-order chi connectivity index (χ0) is 16.0. The molecule has 1 unspecified atom stereocenters. The summed E-state index contributed by atoms with van der Waals surface area (Å²) in [6.45, 7) is 5.62. The Morgan fingerprint density at radius 2 is 2.05 bits per heavy atom. The van der Waals surface area contributed by atoms with Gasteiger partial charge in [-0.3, -0.25) is 9.59 Å². The molecule has 1 atom stereocenters. The molecule has 0 aliphatic rings. The van der Waals surface area contributed by atoms with Gasteiger partial charge in [0.1, 0.15) is 0 Å². The molecule has 0 aliphatic heterocycles. The number of nitrogens with zero attached hydrogens (tertiary/aromatic N) is 1. The van der Waals surface area contributed by atoms with E-state index in [1.807, 2.05) is 6.92 Å². The van der Waals surface area contributed by atoms with Crippen LogP contribution in [-0.4, -0.2) is 33.5 Å². The second-order valence-electron chi connectivity index (χ2n) is 5.08. The first-order valence-electron chi connectivity index (χ1n) is 6.88. The van der Waals surface area contributed by atoms with Gasteiger partial charge >= 0.3 is 11.7 Å². The van der Waals surface area contributed by atoms with Crippen LogP contribution in [0.3, 0.4) is 0 Å². The van der Waals surface area contributed by atoms with E-state index in [1.54, 1.807) is 13.8 Å². The first kappa shape index (κ1) is 16.9. The number of carboxylic acid groups (broad SMARTS) is 1. The minimum atomic E-state index is -0.868. The minimum absolute atomic E-state index is 0.0368. The predicted molar refractivity (Wildman–Crippen MR) is 77.1 cm³/mol. The summed E-state index contributed by atoms with van der Waals surface area (Å²) in [4.78, 5) is 40.1. The number of aromatic amines is 1. The van der Waals surface area contributed by atoms with Crippen molar-refractivity contribution in [1.82, 2.24) is 15.3 Å². The van der Waals surface area contributed by atoms with Gasteiger partial charge in [0.15, 0.2) is 0 Å². The second kappa shape index (κ2) is 7.56. The van der Waals surface area contributed by atoms with Crippen LogP contribution in [0.25, 0.3) is 0 Å². The molecule has 3 N–H and O–H groups in total. The molecule has 0 saturated heterocycles. The molecule has 0 aromatic carbocycles. The molecule has 7 heteroatoms. The molecule has 116 valence electrons.